The van der Waals surface area contributed by atoms with Crippen LogP contribution in [0.3, 0.4) is 0 Å². The summed E-state index contributed by atoms with van der Waals surface area (Å²) in [5, 5.41) is 21.0. The monoisotopic (exact) mass is 440 g/mol. The van der Waals surface area contributed by atoms with Gasteiger partial charge in [0.15, 0.2) is 12.4 Å². The van der Waals surface area contributed by atoms with Gasteiger partial charge in [0, 0.05) is 12.5 Å². The molecular formula is C23H36O8. The number of hydrogen-bond donors (Lipinski definition) is 2. The lowest BCUT2D eigenvalue weighted by molar-refractivity contribution is -0.322. The van der Waals surface area contributed by atoms with Crippen molar-refractivity contribution in [3.63, 3.8) is 0 Å². The van der Waals surface area contributed by atoms with Crippen LogP contribution in [0, 0.1) is 0 Å². The second-order valence-electron chi connectivity index (χ2n) is 8.12. The first-order valence-electron chi connectivity index (χ1n) is 10.4. The minimum absolute atomic E-state index is 0.308. The van der Waals surface area contributed by atoms with Crippen molar-refractivity contribution in [1.29, 1.82) is 0 Å². The Bertz CT molecular complexity index is 694. The maximum atomic E-state index is 11.9. The Balaban J connectivity index is 3.03. The molecule has 1 aliphatic heterocycles. The Morgan fingerprint density at radius 3 is 2.32 bits per heavy atom. The zero-order valence-corrected chi connectivity index (χ0v) is 19.3. The van der Waals surface area contributed by atoms with Crippen LogP contribution in [0.4, 0.5) is 0 Å². The topological polar surface area (TPSA) is 112 Å². The predicted octanol–water partition coefficient (Wildman–Crippen LogP) is 2.58. The summed E-state index contributed by atoms with van der Waals surface area (Å²) in [6.07, 6.45) is 0.0419. The van der Waals surface area contributed by atoms with E-state index in [4.69, 9.17) is 18.9 Å². The summed E-state index contributed by atoms with van der Waals surface area (Å²) in [5.74, 6) is -1.23. The number of rotatable bonds is 10. The zero-order chi connectivity index (χ0) is 23.8. The second kappa shape index (κ2) is 12.1. The average Bonchev–Trinajstić information content (AvgIpc) is 2.70. The molecule has 1 aliphatic rings. The van der Waals surface area contributed by atoms with Crippen molar-refractivity contribution in [3.05, 3.63) is 36.0 Å². The van der Waals surface area contributed by atoms with Crippen LogP contribution in [0.25, 0.3) is 0 Å². The highest BCUT2D eigenvalue weighted by molar-refractivity contribution is 5.87. The van der Waals surface area contributed by atoms with Gasteiger partial charge in [-0.05, 0) is 47.5 Å². The van der Waals surface area contributed by atoms with E-state index in [9.17, 15) is 19.8 Å². The summed E-state index contributed by atoms with van der Waals surface area (Å²) in [7, 11) is 0. The fraction of sp³-hybridized carbons (Fsp3) is 0.652. The molecule has 0 radical (unpaired) electrons. The fourth-order valence-electron chi connectivity index (χ4n) is 2.97. The molecule has 0 spiro atoms. The summed E-state index contributed by atoms with van der Waals surface area (Å²) < 4.78 is 22.2. The smallest absolute Gasteiger partial charge is 0.333 e. The van der Waals surface area contributed by atoms with Gasteiger partial charge in [-0.25, -0.2) is 4.79 Å². The molecule has 176 valence electrons. The van der Waals surface area contributed by atoms with Crippen molar-refractivity contribution in [3.8, 4) is 0 Å². The van der Waals surface area contributed by atoms with E-state index >= 15 is 0 Å². The van der Waals surface area contributed by atoms with Crippen molar-refractivity contribution in [2.45, 2.75) is 90.7 Å². The Morgan fingerprint density at radius 1 is 1.16 bits per heavy atom. The van der Waals surface area contributed by atoms with Gasteiger partial charge in [0.05, 0.1) is 5.60 Å². The van der Waals surface area contributed by atoms with Gasteiger partial charge < -0.3 is 29.2 Å². The quantitative estimate of drug-likeness (QED) is 0.303. The summed E-state index contributed by atoms with van der Waals surface area (Å²) >= 11 is 0. The Morgan fingerprint density at radius 2 is 1.81 bits per heavy atom. The molecule has 0 saturated carbocycles. The number of carbonyl (C=O) groups excluding carboxylic acids is 2. The minimum atomic E-state index is -1.50. The van der Waals surface area contributed by atoms with E-state index in [1.807, 2.05) is 13.8 Å². The van der Waals surface area contributed by atoms with Gasteiger partial charge in [-0.2, -0.15) is 0 Å². The molecule has 0 aromatic heterocycles. The first-order valence-corrected chi connectivity index (χ1v) is 10.4. The SMILES string of the molecule is C=CC(C)(CCC=C(C)C)OC1OC(COC(=O)C(C)=CC)C(O)C(O)C1OC(C)=O. The molecule has 2 N–H and O–H groups in total. The Hall–Kier alpha value is -2.00. The normalized spacial score (nSPS) is 28.3. The Kier molecular flexibility index (Phi) is 10.6. The van der Waals surface area contributed by atoms with Crippen LogP contribution in [0.5, 0.6) is 0 Å². The maximum Gasteiger partial charge on any atom is 0.333 e. The summed E-state index contributed by atoms with van der Waals surface area (Å²) in [4.78, 5) is 23.5. The van der Waals surface area contributed by atoms with Gasteiger partial charge in [0.1, 0.15) is 24.9 Å². The van der Waals surface area contributed by atoms with Crippen molar-refractivity contribution in [2.24, 2.45) is 0 Å². The number of hydrogen-bond acceptors (Lipinski definition) is 8. The first-order chi connectivity index (χ1) is 14.4. The maximum absolute atomic E-state index is 11.9. The largest absolute Gasteiger partial charge is 0.459 e. The number of aliphatic hydroxyl groups is 2. The molecule has 0 aromatic carbocycles. The molecular weight excluding hydrogens is 404 g/mol. The number of allylic oxidation sites excluding steroid dienone is 3. The average molecular weight is 441 g/mol. The van der Waals surface area contributed by atoms with Gasteiger partial charge in [-0.1, -0.05) is 23.8 Å². The number of aliphatic hydroxyl groups excluding tert-OH is 2. The molecule has 0 aliphatic carbocycles. The lowest BCUT2D eigenvalue weighted by atomic mass is 9.96. The van der Waals surface area contributed by atoms with Gasteiger partial charge >= 0.3 is 11.9 Å². The number of esters is 2. The van der Waals surface area contributed by atoms with Gasteiger partial charge in [-0.15, -0.1) is 6.58 Å². The summed E-state index contributed by atoms with van der Waals surface area (Å²) in [6, 6.07) is 0. The molecule has 1 heterocycles. The molecule has 1 fully saturated rings. The van der Waals surface area contributed by atoms with Crippen LogP contribution in [0.1, 0.15) is 54.4 Å². The van der Waals surface area contributed by atoms with Crippen molar-refractivity contribution >= 4 is 11.9 Å². The molecule has 8 nitrogen and oxygen atoms in total. The lowest BCUT2D eigenvalue weighted by Crippen LogP contribution is -2.61. The fourth-order valence-corrected chi connectivity index (χ4v) is 2.97. The third kappa shape index (κ3) is 8.22. The molecule has 0 aromatic rings. The van der Waals surface area contributed by atoms with Gasteiger partial charge in [-0.3, -0.25) is 4.79 Å². The lowest BCUT2D eigenvalue weighted by Gasteiger charge is -2.44. The molecule has 31 heavy (non-hydrogen) atoms. The van der Waals surface area contributed by atoms with Crippen molar-refractivity contribution in [2.75, 3.05) is 6.61 Å². The number of carbonyl (C=O) groups is 2. The number of ether oxygens (including phenoxy) is 4. The minimum Gasteiger partial charge on any atom is -0.459 e. The molecule has 1 rings (SSSR count). The van der Waals surface area contributed by atoms with Crippen LogP contribution < -0.4 is 0 Å². The van der Waals surface area contributed by atoms with E-state index in [1.54, 1.807) is 32.9 Å². The third-order valence-corrected chi connectivity index (χ3v) is 5.09. The highest BCUT2D eigenvalue weighted by atomic mass is 16.7. The molecule has 8 heteroatoms. The van der Waals surface area contributed by atoms with E-state index < -0.39 is 48.2 Å². The molecule has 6 unspecified atom stereocenters. The molecule has 0 bridgehead atoms. The van der Waals surface area contributed by atoms with Gasteiger partial charge in [0.25, 0.3) is 0 Å². The highest BCUT2D eigenvalue weighted by Crippen LogP contribution is 2.31. The zero-order valence-electron chi connectivity index (χ0n) is 19.3. The second-order valence-corrected chi connectivity index (χ2v) is 8.12. The third-order valence-electron chi connectivity index (χ3n) is 5.09. The van der Waals surface area contributed by atoms with Crippen molar-refractivity contribution in [1.82, 2.24) is 0 Å². The van der Waals surface area contributed by atoms with Crippen LogP contribution in [-0.4, -0.2) is 65.1 Å². The first kappa shape index (κ1) is 27.0. The van der Waals surface area contributed by atoms with E-state index in [2.05, 4.69) is 12.7 Å². The van der Waals surface area contributed by atoms with E-state index in [0.29, 0.717) is 18.4 Å². The predicted molar refractivity (Wildman–Crippen MR) is 115 cm³/mol. The summed E-state index contributed by atoms with van der Waals surface area (Å²) in [6.45, 7) is 13.8. The van der Waals surface area contributed by atoms with Crippen LogP contribution in [0.15, 0.2) is 36.0 Å². The molecule has 1 saturated heterocycles. The van der Waals surface area contributed by atoms with Crippen LogP contribution in [0.2, 0.25) is 0 Å². The van der Waals surface area contributed by atoms with Crippen LogP contribution in [-0.2, 0) is 28.5 Å². The van der Waals surface area contributed by atoms with E-state index in [0.717, 1.165) is 5.57 Å². The highest BCUT2D eigenvalue weighted by Gasteiger charge is 2.49. The summed E-state index contributed by atoms with van der Waals surface area (Å²) in [5.41, 5.74) is 0.699. The van der Waals surface area contributed by atoms with Crippen LogP contribution >= 0.6 is 0 Å². The van der Waals surface area contributed by atoms with E-state index in [-0.39, 0.29) is 6.61 Å². The molecule has 6 atom stereocenters. The van der Waals surface area contributed by atoms with E-state index in [1.165, 1.54) is 6.92 Å². The Labute approximate surface area is 184 Å². The van der Waals surface area contributed by atoms with Gasteiger partial charge in [0.2, 0.25) is 0 Å². The standard InChI is InChI=1S/C23H36O8/c1-8-15(5)21(27)28-13-17-18(25)19(26)20(29-16(6)24)22(30-17)31-23(7,9-2)12-10-11-14(3)4/h8-9,11,17-20,22,25-26H,2,10,12-13H2,1,3-7H3. The molecule has 0 amide bonds. The van der Waals surface area contributed by atoms with Crippen molar-refractivity contribution < 1.29 is 38.7 Å².